The molecule has 0 bridgehead atoms. The second-order valence-corrected chi connectivity index (χ2v) is 8.75. The predicted octanol–water partition coefficient (Wildman–Crippen LogP) is 3.81. The molecule has 7 heteroatoms. The summed E-state index contributed by atoms with van der Waals surface area (Å²) in [6.07, 6.45) is -0.313. The number of morpholine rings is 1. The number of nitrogens with zero attached hydrogens (tertiary/aromatic N) is 1. The Morgan fingerprint density at radius 1 is 1.19 bits per heavy atom. The highest BCUT2D eigenvalue weighted by Gasteiger charge is 2.37. The summed E-state index contributed by atoms with van der Waals surface area (Å²) in [6.45, 7) is 4.40. The lowest BCUT2D eigenvalue weighted by Gasteiger charge is -2.37. The van der Waals surface area contributed by atoms with Gasteiger partial charge in [0.1, 0.15) is 10.6 Å². The van der Waals surface area contributed by atoms with Crippen LogP contribution in [0.1, 0.15) is 24.2 Å². The van der Waals surface area contributed by atoms with Crippen LogP contribution < -0.4 is 4.74 Å². The van der Waals surface area contributed by atoms with Gasteiger partial charge in [0, 0.05) is 17.6 Å². The Bertz CT molecular complexity index is 883. The van der Waals surface area contributed by atoms with Crippen molar-refractivity contribution in [3.8, 4) is 5.75 Å². The predicted molar refractivity (Wildman–Crippen MR) is 101 cm³/mol. The van der Waals surface area contributed by atoms with Gasteiger partial charge in [-0.3, -0.25) is 0 Å². The van der Waals surface area contributed by atoms with Crippen molar-refractivity contribution in [2.24, 2.45) is 0 Å². The summed E-state index contributed by atoms with van der Waals surface area (Å²) in [6, 6.07) is 12.3. The lowest BCUT2D eigenvalue weighted by molar-refractivity contribution is -0.0288. The van der Waals surface area contributed by atoms with Crippen molar-refractivity contribution < 1.29 is 17.9 Å². The third-order valence-electron chi connectivity index (χ3n) is 4.54. The molecule has 3 rings (SSSR count). The molecule has 0 radical (unpaired) electrons. The van der Waals surface area contributed by atoms with Gasteiger partial charge < -0.3 is 9.47 Å². The molecule has 1 saturated heterocycles. The Morgan fingerprint density at radius 2 is 1.88 bits per heavy atom. The maximum atomic E-state index is 13.3. The van der Waals surface area contributed by atoms with Crippen molar-refractivity contribution in [3.63, 3.8) is 0 Å². The third-order valence-corrected chi connectivity index (χ3v) is 6.77. The molecule has 1 aliphatic rings. The molecule has 0 aliphatic carbocycles. The van der Waals surface area contributed by atoms with Crippen molar-refractivity contribution in [2.75, 3.05) is 20.3 Å². The Balaban J connectivity index is 1.95. The molecule has 0 amide bonds. The highest BCUT2D eigenvalue weighted by atomic mass is 35.5. The summed E-state index contributed by atoms with van der Waals surface area (Å²) in [5.41, 5.74) is 2.10. The van der Waals surface area contributed by atoms with Gasteiger partial charge in [-0.15, -0.1) is 0 Å². The molecule has 2 aromatic rings. The maximum Gasteiger partial charge on any atom is 0.247 e. The van der Waals surface area contributed by atoms with Gasteiger partial charge in [0.05, 0.1) is 19.8 Å². The molecule has 1 heterocycles. The van der Waals surface area contributed by atoms with Crippen LogP contribution in [0.4, 0.5) is 0 Å². The Labute approximate surface area is 159 Å². The second kappa shape index (κ2) is 7.56. The first-order valence-corrected chi connectivity index (χ1v) is 10.2. The minimum absolute atomic E-state index is 0.0731. The fourth-order valence-electron chi connectivity index (χ4n) is 3.03. The lowest BCUT2D eigenvalue weighted by atomic mass is 10.1. The number of sulfonamides is 1. The highest BCUT2D eigenvalue weighted by molar-refractivity contribution is 7.89. The number of aryl methyl sites for hydroxylation is 1. The van der Waals surface area contributed by atoms with Crippen LogP contribution in [0.5, 0.6) is 5.75 Å². The van der Waals surface area contributed by atoms with Crippen LogP contribution in [0.2, 0.25) is 5.02 Å². The monoisotopic (exact) mass is 395 g/mol. The van der Waals surface area contributed by atoms with Crippen molar-refractivity contribution in [1.82, 2.24) is 4.31 Å². The van der Waals surface area contributed by atoms with E-state index in [0.717, 1.165) is 11.1 Å². The zero-order valence-corrected chi connectivity index (χ0v) is 16.5. The standard InChI is InChI=1S/C19H22ClNO4S/c1-13-4-6-15(7-5-13)18-11-21(14(2)12-25-18)26(22,23)19-10-16(20)8-9-17(19)24-3/h4-10,14,18H,11-12H2,1-3H3. The number of halogens is 1. The van der Waals surface area contributed by atoms with Gasteiger partial charge in [-0.1, -0.05) is 41.4 Å². The molecule has 26 heavy (non-hydrogen) atoms. The van der Waals surface area contributed by atoms with E-state index >= 15 is 0 Å². The Kier molecular flexibility index (Phi) is 5.58. The molecule has 2 aromatic carbocycles. The number of methoxy groups -OCH3 is 1. The van der Waals surface area contributed by atoms with E-state index < -0.39 is 10.0 Å². The second-order valence-electron chi connectivity index (χ2n) is 6.45. The Hall–Kier alpha value is -1.60. The van der Waals surface area contributed by atoms with Crippen LogP contribution in [-0.2, 0) is 14.8 Å². The van der Waals surface area contributed by atoms with Gasteiger partial charge >= 0.3 is 0 Å². The van der Waals surface area contributed by atoms with Gasteiger partial charge in [-0.25, -0.2) is 8.42 Å². The molecule has 2 unspecified atom stereocenters. The molecular formula is C19H22ClNO4S. The van der Waals surface area contributed by atoms with Crippen LogP contribution >= 0.6 is 11.6 Å². The zero-order chi connectivity index (χ0) is 18.9. The van der Waals surface area contributed by atoms with E-state index in [1.54, 1.807) is 12.1 Å². The van der Waals surface area contributed by atoms with Crippen LogP contribution in [-0.4, -0.2) is 39.0 Å². The Morgan fingerprint density at radius 3 is 2.54 bits per heavy atom. The van der Waals surface area contributed by atoms with Gasteiger partial charge in [0.25, 0.3) is 0 Å². The minimum Gasteiger partial charge on any atom is -0.495 e. The average molecular weight is 396 g/mol. The molecule has 140 valence electrons. The van der Waals surface area contributed by atoms with Crippen molar-refractivity contribution >= 4 is 21.6 Å². The summed E-state index contributed by atoms with van der Waals surface area (Å²) in [7, 11) is -2.34. The minimum atomic E-state index is -3.78. The van der Waals surface area contributed by atoms with E-state index in [-0.39, 0.29) is 29.3 Å². The number of benzene rings is 2. The van der Waals surface area contributed by atoms with Crippen LogP contribution in [0, 0.1) is 6.92 Å². The fourth-order valence-corrected chi connectivity index (χ4v) is 5.07. The molecule has 0 saturated carbocycles. The fraction of sp³-hybridized carbons (Fsp3) is 0.368. The smallest absolute Gasteiger partial charge is 0.247 e. The van der Waals surface area contributed by atoms with Gasteiger partial charge in [-0.2, -0.15) is 4.31 Å². The third kappa shape index (κ3) is 3.74. The first-order valence-electron chi connectivity index (χ1n) is 8.36. The summed E-state index contributed by atoms with van der Waals surface area (Å²) in [5.74, 6) is 0.278. The number of ether oxygens (including phenoxy) is 2. The van der Waals surface area contributed by atoms with Crippen molar-refractivity contribution in [1.29, 1.82) is 0 Å². The quantitative estimate of drug-likeness (QED) is 0.789. The van der Waals surface area contributed by atoms with Gasteiger partial charge in [-0.05, 0) is 37.6 Å². The van der Waals surface area contributed by atoms with Crippen molar-refractivity contribution in [3.05, 3.63) is 58.6 Å². The summed E-state index contributed by atoms with van der Waals surface area (Å²) in [5, 5.41) is 0.348. The SMILES string of the molecule is COc1ccc(Cl)cc1S(=O)(=O)N1CC(c2ccc(C)cc2)OCC1C. The van der Waals surface area contributed by atoms with Gasteiger partial charge in [0.2, 0.25) is 10.0 Å². The zero-order valence-electron chi connectivity index (χ0n) is 15.0. The molecule has 0 spiro atoms. The number of hydrogen-bond donors (Lipinski definition) is 0. The van der Waals surface area contributed by atoms with Crippen molar-refractivity contribution in [2.45, 2.75) is 30.9 Å². The van der Waals surface area contributed by atoms with E-state index in [0.29, 0.717) is 11.6 Å². The van der Waals surface area contributed by atoms with E-state index in [1.807, 2.05) is 38.1 Å². The number of hydrogen-bond acceptors (Lipinski definition) is 4. The molecule has 1 aliphatic heterocycles. The molecule has 5 nitrogen and oxygen atoms in total. The largest absolute Gasteiger partial charge is 0.495 e. The average Bonchev–Trinajstić information content (AvgIpc) is 2.62. The normalized spacial score (nSPS) is 21.5. The van der Waals surface area contributed by atoms with E-state index in [9.17, 15) is 8.42 Å². The van der Waals surface area contributed by atoms with E-state index in [4.69, 9.17) is 21.1 Å². The molecule has 2 atom stereocenters. The van der Waals surface area contributed by atoms with E-state index in [1.165, 1.54) is 17.5 Å². The van der Waals surface area contributed by atoms with Crippen LogP contribution in [0.25, 0.3) is 0 Å². The van der Waals surface area contributed by atoms with Crippen LogP contribution in [0.15, 0.2) is 47.4 Å². The summed E-state index contributed by atoms with van der Waals surface area (Å²) < 4.78 is 39.2. The van der Waals surface area contributed by atoms with E-state index in [2.05, 4.69) is 0 Å². The number of rotatable bonds is 4. The lowest BCUT2D eigenvalue weighted by Crippen LogP contribution is -2.48. The molecule has 0 N–H and O–H groups in total. The van der Waals surface area contributed by atoms with Crippen LogP contribution in [0.3, 0.4) is 0 Å². The summed E-state index contributed by atoms with van der Waals surface area (Å²) in [4.78, 5) is 0.0731. The first-order chi connectivity index (χ1) is 12.3. The first kappa shape index (κ1) is 19.2. The molecule has 1 fully saturated rings. The van der Waals surface area contributed by atoms with Gasteiger partial charge in [0.15, 0.2) is 0 Å². The molecular weight excluding hydrogens is 374 g/mol. The summed E-state index contributed by atoms with van der Waals surface area (Å²) >= 11 is 6.03. The highest BCUT2D eigenvalue weighted by Crippen LogP contribution is 2.34. The topological polar surface area (TPSA) is 55.8 Å². The maximum absolute atomic E-state index is 13.3. The molecule has 0 aromatic heterocycles.